The minimum Gasteiger partial charge on any atom is -0.504 e. The molecule has 1 aromatic rings. The quantitative estimate of drug-likeness (QED) is 0.487. The molecule has 0 bridgehead atoms. The predicted octanol–water partition coefficient (Wildman–Crippen LogP) is 1.41. The van der Waals surface area contributed by atoms with E-state index in [2.05, 4.69) is 0 Å². The monoisotopic (exact) mass is 182 g/mol. The van der Waals surface area contributed by atoms with Gasteiger partial charge in [-0.25, -0.2) is 0 Å². The Bertz CT molecular complexity index is 271. The average molecular weight is 182 g/mol. The van der Waals surface area contributed by atoms with Crippen molar-refractivity contribution in [3.8, 4) is 11.5 Å². The number of rotatable bonds is 4. The Morgan fingerprint density at radius 2 is 1.77 bits per heavy atom. The molecule has 0 unspecified atom stereocenters. The molecule has 1 rings (SSSR count). The molecule has 0 aliphatic rings. The molecule has 0 fully saturated rings. The molecule has 0 saturated carbocycles. The number of unbranched alkanes of at least 4 members (excludes halogenated alkanes) is 1. The van der Waals surface area contributed by atoms with Crippen LogP contribution >= 0.6 is 0 Å². The van der Waals surface area contributed by atoms with Crippen LogP contribution in [0.25, 0.3) is 0 Å². The zero-order chi connectivity index (χ0) is 9.68. The number of phenols is 2. The Hall–Kier alpha value is -1.22. The fourth-order valence-corrected chi connectivity index (χ4v) is 1.17. The Balaban J connectivity index is 2.53. The van der Waals surface area contributed by atoms with Crippen LogP contribution in [0.1, 0.15) is 18.4 Å². The van der Waals surface area contributed by atoms with Crippen LogP contribution in [0, 0.1) is 0 Å². The summed E-state index contributed by atoms with van der Waals surface area (Å²) in [5, 5.41) is 26.7. The molecule has 0 aromatic heterocycles. The number of aliphatic hydroxyl groups excluding tert-OH is 1. The number of aliphatic hydroxyl groups is 1. The van der Waals surface area contributed by atoms with Crippen LogP contribution in [-0.2, 0) is 6.42 Å². The van der Waals surface area contributed by atoms with Gasteiger partial charge in [-0.1, -0.05) is 6.07 Å². The smallest absolute Gasteiger partial charge is 0.157 e. The number of aryl methyl sites for hydroxylation is 1. The van der Waals surface area contributed by atoms with Crippen molar-refractivity contribution in [1.29, 1.82) is 0 Å². The lowest BCUT2D eigenvalue weighted by Crippen LogP contribution is -1.88. The van der Waals surface area contributed by atoms with Gasteiger partial charge in [-0.05, 0) is 37.0 Å². The zero-order valence-electron chi connectivity index (χ0n) is 7.40. The number of hydrogen-bond acceptors (Lipinski definition) is 3. The van der Waals surface area contributed by atoms with Gasteiger partial charge in [0.25, 0.3) is 0 Å². The summed E-state index contributed by atoms with van der Waals surface area (Å²) in [6.07, 6.45) is 2.47. The number of benzene rings is 1. The predicted molar refractivity (Wildman–Crippen MR) is 49.8 cm³/mol. The third-order valence-corrected chi connectivity index (χ3v) is 1.91. The molecule has 0 radical (unpaired) electrons. The van der Waals surface area contributed by atoms with E-state index in [0.29, 0.717) is 0 Å². The molecule has 3 nitrogen and oxygen atoms in total. The normalized spacial score (nSPS) is 10.2. The van der Waals surface area contributed by atoms with Gasteiger partial charge < -0.3 is 15.3 Å². The standard InChI is InChI=1S/C10H14O3/c11-6-2-1-3-8-4-5-9(12)10(13)7-8/h4-5,7,11-13H,1-3,6H2. The summed E-state index contributed by atoms with van der Waals surface area (Å²) < 4.78 is 0. The second kappa shape index (κ2) is 4.72. The first-order valence-electron chi connectivity index (χ1n) is 4.36. The summed E-state index contributed by atoms with van der Waals surface area (Å²) in [5.74, 6) is -0.174. The maximum absolute atomic E-state index is 9.16. The third-order valence-electron chi connectivity index (χ3n) is 1.91. The lowest BCUT2D eigenvalue weighted by Gasteiger charge is -2.02. The van der Waals surface area contributed by atoms with Crippen LogP contribution in [0.15, 0.2) is 18.2 Å². The molecule has 0 saturated heterocycles. The minimum absolute atomic E-state index is 0.0819. The topological polar surface area (TPSA) is 60.7 Å². The largest absolute Gasteiger partial charge is 0.504 e. The van der Waals surface area contributed by atoms with E-state index in [9.17, 15) is 0 Å². The SMILES string of the molecule is OCCCCc1ccc(O)c(O)c1. The molecule has 0 heterocycles. The second-order valence-corrected chi connectivity index (χ2v) is 3.00. The first kappa shape index (κ1) is 9.86. The van der Waals surface area contributed by atoms with E-state index in [0.717, 1.165) is 24.8 Å². The maximum atomic E-state index is 9.16. The van der Waals surface area contributed by atoms with Crippen LogP contribution in [0.5, 0.6) is 11.5 Å². The molecule has 3 N–H and O–H groups in total. The molecule has 0 aliphatic heterocycles. The van der Waals surface area contributed by atoms with E-state index >= 15 is 0 Å². The molecular weight excluding hydrogens is 168 g/mol. The van der Waals surface area contributed by atoms with Gasteiger partial charge in [-0.2, -0.15) is 0 Å². The Morgan fingerprint density at radius 3 is 2.38 bits per heavy atom. The summed E-state index contributed by atoms with van der Waals surface area (Å²) in [6, 6.07) is 4.79. The third kappa shape index (κ3) is 2.95. The molecule has 3 heteroatoms. The van der Waals surface area contributed by atoms with E-state index < -0.39 is 0 Å². The van der Waals surface area contributed by atoms with Crippen molar-refractivity contribution in [1.82, 2.24) is 0 Å². The zero-order valence-corrected chi connectivity index (χ0v) is 7.40. The number of phenolic OH excluding ortho intramolecular Hbond substituents is 2. The Kier molecular flexibility index (Phi) is 3.58. The molecular formula is C10H14O3. The van der Waals surface area contributed by atoms with Crippen molar-refractivity contribution in [3.63, 3.8) is 0 Å². The summed E-state index contributed by atoms with van der Waals surface area (Å²) in [7, 11) is 0. The van der Waals surface area contributed by atoms with Crippen LogP contribution in [0.2, 0.25) is 0 Å². The van der Waals surface area contributed by atoms with Gasteiger partial charge in [0, 0.05) is 6.61 Å². The molecule has 0 amide bonds. The highest BCUT2D eigenvalue weighted by Gasteiger charge is 1.99. The molecule has 0 atom stereocenters. The maximum Gasteiger partial charge on any atom is 0.157 e. The van der Waals surface area contributed by atoms with Crippen LogP contribution < -0.4 is 0 Å². The fourth-order valence-electron chi connectivity index (χ4n) is 1.17. The summed E-state index contributed by atoms with van der Waals surface area (Å²) in [4.78, 5) is 0. The second-order valence-electron chi connectivity index (χ2n) is 3.00. The van der Waals surface area contributed by atoms with Crippen molar-refractivity contribution in [2.24, 2.45) is 0 Å². The summed E-state index contributed by atoms with van der Waals surface area (Å²) in [6.45, 7) is 0.198. The molecule has 1 aromatic carbocycles. The highest BCUT2D eigenvalue weighted by atomic mass is 16.3. The van der Waals surface area contributed by atoms with E-state index in [1.54, 1.807) is 12.1 Å². The highest BCUT2D eigenvalue weighted by Crippen LogP contribution is 2.25. The van der Waals surface area contributed by atoms with Gasteiger partial charge in [0.2, 0.25) is 0 Å². The molecule has 13 heavy (non-hydrogen) atoms. The lowest BCUT2D eigenvalue weighted by molar-refractivity contribution is 0.284. The number of aromatic hydroxyl groups is 2. The molecule has 0 aliphatic carbocycles. The Morgan fingerprint density at radius 1 is 1.00 bits per heavy atom. The van der Waals surface area contributed by atoms with Crippen molar-refractivity contribution in [3.05, 3.63) is 23.8 Å². The van der Waals surface area contributed by atoms with Crippen LogP contribution in [0.4, 0.5) is 0 Å². The van der Waals surface area contributed by atoms with Crippen molar-refractivity contribution in [2.45, 2.75) is 19.3 Å². The van der Waals surface area contributed by atoms with Crippen molar-refractivity contribution >= 4 is 0 Å². The fraction of sp³-hybridized carbons (Fsp3) is 0.400. The van der Waals surface area contributed by atoms with E-state index in [1.165, 1.54) is 6.07 Å². The van der Waals surface area contributed by atoms with Crippen LogP contribution in [0.3, 0.4) is 0 Å². The van der Waals surface area contributed by atoms with Gasteiger partial charge in [0.1, 0.15) is 0 Å². The van der Waals surface area contributed by atoms with Gasteiger partial charge in [-0.3, -0.25) is 0 Å². The Labute approximate surface area is 77.3 Å². The van der Waals surface area contributed by atoms with Gasteiger partial charge in [0.15, 0.2) is 11.5 Å². The van der Waals surface area contributed by atoms with Crippen molar-refractivity contribution in [2.75, 3.05) is 6.61 Å². The van der Waals surface area contributed by atoms with Gasteiger partial charge >= 0.3 is 0 Å². The lowest BCUT2D eigenvalue weighted by atomic mass is 10.1. The van der Waals surface area contributed by atoms with E-state index in [-0.39, 0.29) is 18.1 Å². The minimum atomic E-state index is -0.0918. The average Bonchev–Trinajstić information content (AvgIpc) is 2.12. The highest BCUT2D eigenvalue weighted by molar-refractivity contribution is 5.40. The van der Waals surface area contributed by atoms with E-state index in [1.807, 2.05) is 0 Å². The van der Waals surface area contributed by atoms with E-state index in [4.69, 9.17) is 15.3 Å². The first-order valence-corrected chi connectivity index (χ1v) is 4.36. The molecule has 0 spiro atoms. The van der Waals surface area contributed by atoms with Crippen molar-refractivity contribution < 1.29 is 15.3 Å². The first-order chi connectivity index (χ1) is 6.24. The number of hydrogen-bond donors (Lipinski definition) is 3. The summed E-state index contributed by atoms with van der Waals surface area (Å²) in [5.41, 5.74) is 0.976. The molecule has 72 valence electrons. The van der Waals surface area contributed by atoms with Gasteiger partial charge in [-0.15, -0.1) is 0 Å². The van der Waals surface area contributed by atoms with Crippen LogP contribution in [-0.4, -0.2) is 21.9 Å². The summed E-state index contributed by atoms with van der Waals surface area (Å²) >= 11 is 0. The van der Waals surface area contributed by atoms with Gasteiger partial charge in [0.05, 0.1) is 0 Å².